The van der Waals surface area contributed by atoms with Crippen molar-refractivity contribution in [2.45, 2.75) is 19.4 Å². The molecule has 0 bridgehead atoms. The van der Waals surface area contributed by atoms with E-state index in [-0.39, 0.29) is 6.04 Å². The molecule has 2 N–H and O–H groups in total. The van der Waals surface area contributed by atoms with E-state index in [2.05, 4.69) is 11.0 Å². The monoisotopic (exact) mass is 203 g/mol. The zero-order chi connectivity index (χ0) is 11.3. The first kappa shape index (κ1) is 11.5. The van der Waals surface area contributed by atoms with Crippen molar-refractivity contribution in [2.75, 3.05) is 18.5 Å². The minimum absolute atomic E-state index is 0.0727. The molecule has 0 fully saturated rings. The Balaban J connectivity index is 2.67. The van der Waals surface area contributed by atoms with Gasteiger partial charge in [0.25, 0.3) is 0 Å². The van der Waals surface area contributed by atoms with Crippen LogP contribution in [0.3, 0.4) is 0 Å². The summed E-state index contributed by atoms with van der Waals surface area (Å²) in [4.78, 5) is 2.06. The molecule has 0 aliphatic rings. The SMILES string of the molecule is C[C@@H](N)c1ccc(N(C)CCC#N)cc1. The first-order chi connectivity index (χ1) is 7.15. The number of nitriles is 1. The van der Waals surface area contributed by atoms with Crippen molar-refractivity contribution in [1.82, 2.24) is 0 Å². The molecule has 0 radical (unpaired) electrons. The molecule has 0 spiro atoms. The highest BCUT2D eigenvalue weighted by molar-refractivity contribution is 5.47. The highest BCUT2D eigenvalue weighted by atomic mass is 15.1. The second kappa shape index (κ2) is 5.38. The largest absolute Gasteiger partial charge is 0.374 e. The molecule has 0 aromatic heterocycles. The molecule has 3 nitrogen and oxygen atoms in total. The van der Waals surface area contributed by atoms with Gasteiger partial charge in [0.05, 0.1) is 12.5 Å². The van der Waals surface area contributed by atoms with Gasteiger partial charge in [0.2, 0.25) is 0 Å². The quantitative estimate of drug-likeness (QED) is 0.814. The smallest absolute Gasteiger partial charge is 0.0640 e. The Morgan fingerprint density at radius 2 is 2.00 bits per heavy atom. The maximum absolute atomic E-state index is 8.49. The third-order valence-corrected chi connectivity index (χ3v) is 2.42. The van der Waals surface area contributed by atoms with Crippen LogP contribution in [0.25, 0.3) is 0 Å². The van der Waals surface area contributed by atoms with Crippen LogP contribution in [0, 0.1) is 11.3 Å². The van der Waals surface area contributed by atoms with Crippen molar-refractivity contribution in [3.63, 3.8) is 0 Å². The van der Waals surface area contributed by atoms with Crippen molar-refractivity contribution in [2.24, 2.45) is 5.73 Å². The third kappa shape index (κ3) is 3.26. The van der Waals surface area contributed by atoms with E-state index in [9.17, 15) is 0 Å². The normalized spacial score (nSPS) is 11.9. The predicted octanol–water partition coefficient (Wildman–Crippen LogP) is 2.06. The second-order valence-electron chi connectivity index (χ2n) is 3.71. The van der Waals surface area contributed by atoms with Gasteiger partial charge in [-0.2, -0.15) is 5.26 Å². The van der Waals surface area contributed by atoms with Gasteiger partial charge < -0.3 is 10.6 Å². The van der Waals surface area contributed by atoms with Gasteiger partial charge in [0.15, 0.2) is 0 Å². The predicted molar refractivity (Wildman–Crippen MR) is 62.5 cm³/mol. The van der Waals surface area contributed by atoms with Gasteiger partial charge in [-0.3, -0.25) is 0 Å². The number of nitrogens with zero attached hydrogens (tertiary/aromatic N) is 2. The average Bonchev–Trinajstić information content (AvgIpc) is 2.26. The van der Waals surface area contributed by atoms with Gasteiger partial charge in [-0.15, -0.1) is 0 Å². The lowest BCUT2D eigenvalue weighted by Crippen LogP contribution is -2.18. The number of nitrogens with two attached hydrogens (primary N) is 1. The average molecular weight is 203 g/mol. The zero-order valence-corrected chi connectivity index (χ0v) is 9.27. The Morgan fingerprint density at radius 1 is 1.40 bits per heavy atom. The molecule has 15 heavy (non-hydrogen) atoms. The van der Waals surface area contributed by atoms with Crippen LogP contribution in [0.15, 0.2) is 24.3 Å². The number of benzene rings is 1. The van der Waals surface area contributed by atoms with E-state index in [1.165, 1.54) is 0 Å². The van der Waals surface area contributed by atoms with E-state index < -0.39 is 0 Å². The molecule has 0 unspecified atom stereocenters. The van der Waals surface area contributed by atoms with Gasteiger partial charge in [0.1, 0.15) is 0 Å². The topological polar surface area (TPSA) is 53.0 Å². The molecule has 3 heteroatoms. The summed E-state index contributed by atoms with van der Waals surface area (Å²) in [6.07, 6.45) is 0.547. The van der Waals surface area contributed by atoms with E-state index in [0.29, 0.717) is 6.42 Å². The summed E-state index contributed by atoms with van der Waals surface area (Å²) in [6, 6.07) is 10.3. The zero-order valence-electron chi connectivity index (χ0n) is 9.27. The summed E-state index contributed by atoms with van der Waals surface area (Å²) in [5.74, 6) is 0. The van der Waals surface area contributed by atoms with E-state index in [4.69, 9.17) is 11.0 Å². The van der Waals surface area contributed by atoms with Crippen LogP contribution in [0.1, 0.15) is 24.9 Å². The Labute approximate surface area is 91.1 Å². The highest BCUT2D eigenvalue weighted by Gasteiger charge is 2.02. The summed E-state index contributed by atoms with van der Waals surface area (Å²) in [5, 5.41) is 8.49. The molecule has 1 aromatic rings. The van der Waals surface area contributed by atoms with Crippen LogP contribution >= 0.6 is 0 Å². The lowest BCUT2D eigenvalue weighted by molar-refractivity contribution is 0.817. The Bertz CT molecular complexity index is 335. The van der Waals surface area contributed by atoms with Gasteiger partial charge in [-0.05, 0) is 24.6 Å². The molecule has 1 rings (SSSR count). The maximum Gasteiger partial charge on any atom is 0.0640 e. The van der Waals surface area contributed by atoms with Gasteiger partial charge >= 0.3 is 0 Å². The van der Waals surface area contributed by atoms with Crippen LogP contribution in [-0.2, 0) is 0 Å². The molecule has 1 atom stereocenters. The minimum Gasteiger partial charge on any atom is -0.374 e. The van der Waals surface area contributed by atoms with Gasteiger partial charge in [0, 0.05) is 25.3 Å². The molecule has 1 aromatic carbocycles. The number of hydrogen-bond donors (Lipinski definition) is 1. The fourth-order valence-electron chi connectivity index (χ4n) is 1.38. The van der Waals surface area contributed by atoms with Crippen LogP contribution in [0.5, 0.6) is 0 Å². The lowest BCUT2D eigenvalue weighted by atomic mass is 10.1. The molecule has 80 valence electrons. The van der Waals surface area contributed by atoms with E-state index >= 15 is 0 Å². The lowest BCUT2D eigenvalue weighted by Gasteiger charge is -2.18. The summed E-state index contributed by atoms with van der Waals surface area (Å²) in [6.45, 7) is 2.72. The highest BCUT2D eigenvalue weighted by Crippen LogP contribution is 2.16. The summed E-state index contributed by atoms with van der Waals surface area (Å²) < 4.78 is 0. The molecular formula is C12H17N3. The third-order valence-electron chi connectivity index (χ3n) is 2.42. The summed E-state index contributed by atoms with van der Waals surface area (Å²) in [7, 11) is 1.98. The van der Waals surface area contributed by atoms with Crippen molar-refractivity contribution >= 4 is 5.69 Å². The van der Waals surface area contributed by atoms with Crippen molar-refractivity contribution in [1.29, 1.82) is 5.26 Å². The molecular weight excluding hydrogens is 186 g/mol. The van der Waals surface area contributed by atoms with E-state index in [1.807, 2.05) is 38.2 Å². The molecule has 0 saturated heterocycles. The minimum atomic E-state index is 0.0727. The van der Waals surface area contributed by atoms with Crippen LogP contribution < -0.4 is 10.6 Å². The van der Waals surface area contributed by atoms with Crippen molar-refractivity contribution < 1.29 is 0 Å². The second-order valence-corrected chi connectivity index (χ2v) is 3.71. The van der Waals surface area contributed by atoms with Crippen LogP contribution in [0.4, 0.5) is 5.69 Å². The molecule has 0 aliphatic carbocycles. The van der Waals surface area contributed by atoms with Crippen molar-refractivity contribution in [3.8, 4) is 6.07 Å². The van der Waals surface area contributed by atoms with E-state index in [1.54, 1.807) is 0 Å². The Hall–Kier alpha value is -1.53. The molecule has 0 aliphatic heterocycles. The fourth-order valence-corrected chi connectivity index (χ4v) is 1.38. The maximum atomic E-state index is 8.49. The standard InChI is InChI=1S/C12H17N3/c1-10(14)11-4-6-12(7-5-11)15(2)9-3-8-13/h4-7,10H,3,9,14H2,1-2H3/t10-/m1/s1. The molecule has 0 heterocycles. The van der Waals surface area contributed by atoms with Crippen LogP contribution in [-0.4, -0.2) is 13.6 Å². The molecule has 0 amide bonds. The first-order valence-corrected chi connectivity index (χ1v) is 5.08. The van der Waals surface area contributed by atoms with Crippen LogP contribution in [0.2, 0.25) is 0 Å². The summed E-state index contributed by atoms with van der Waals surface area (Å²) in [5.41, 5.74) is 8.02. The first-order valence-electron chi connectivity index (χ1n) is 5.08. The Morgan fingerprint density at radius 3 is 2.47 bits per heavy atom. The Kier molecular flexibility index (Phi) is 4.14. The fraction of sp³-hybridized carbons (Fsp3) is 0.417. The van der Waals surface area contributed by atoms with E-state index in [0.717, 1.165) is 17.8 Å². The van der Waals surface area contributed by atoms with Gasteiger partial charge in [-0.1, -0.05) is 12.1 Å². The molecule has 0 saturated carbocycles. The number of anilines is 1. The number of hydrogen-bond acceptors (Lipinski definition) is 3. The van der Waals surface area contributed by atoms with Gasteiger partial charge in [-0.25, -0.2) is 0 Å². The van der Waals surface area contributed by atoms with Crippen molar-refractivity contribution in [3.05, 3.63) is 29.8 Å². The number of rotatable bonds is 4. The summed E-state index contributed by atoms with van der Waals surface area (Å²) >= 11 is 0.